The van der Waals surface area contributed by atoms with Gasteiger partial charge in [0.15, 0.2) is 0 Å². The molecule has 0 aliphatic carbocycles. The number of hydrogen-bond acceptors (Lipinski definition) is 2. The van der Waals surface area contributed by atoms with Crippen LogP contribution in [0.25, 0.3) is 0 Å². The van der Waals surface area contributed by atoms with Crippen molar-refractivity contribution in [2.45, 2.75) is 12.8 Å². The van der Waals surface area contributed by atoms with E-state index in [9.17, 15) is 4.79 Å². The van der Waals surface area contributed by atoms with Gasteiger partial charge < -0.3 is 9.84 Å². The minimum atomic E-state index is -0.801. The fraction of sp³-hybridized carbons (Fsp3) is 0.300. The van der Waals surface area contributed by atoms with Gasteiger partial charge in [0.2, 0.25) is 0 Å². The summed E-state index contributed by atoms with van der Waals surface area (Å²) in [5.41, 5.74) is 0. The third-order valence-electron chi connectivity index (χ3n) is 1.62. The van der Waals surface area contributed by atoms with Gasteiger partial charge in [-0.3, -0.25) is 4.79 Å². The van der Waals surface area contributed by atoms with Crippen molar-refractivity contribution in [1.82, 2.24) is 0 Å². The molecule has 0 aromatic heterocycles. The van der Waals surface area contributed by atoms with Crippen LogP contribution in [0, 0.1) is 0 Å². The summed E-state index contributed by atoms with van der Waals surface area (Å²) < 4.78 is 5.29. The van der Waals surface area contributed by atoms with E-state index in [1.807, 2.05) is 0 Å². The lowest BCUT2D eigenvalue weighted by Crippen LogP contribution is -2.01. The second-order valence-corrected chi connectivity index (χ2v) is 3.24. The molecule has 0 bridgehead atoms. The van der Waals surface area contributed by atoms with E-state index >= 15 is 0 Å². The predicted octanol–water partition coefficient (Wildman–Crippen LogP) is 2.58. The maximum absolute atomic E-state index is 10.2. The van der Waals surface area contributed by atoms with Crippen LogP contribution in [-0.4, -0.2) is 17.7 Å². The highest BCUT2D eigenvalue weighted by Gasteiger charge is 1.97. The summed E-state index contributed by atoms with van der Waals surface area (Å²) in [6.07, 6.45) is 0.644. The van der Waals surface area contributed by atoms with Crippen molar-refractivity contribution < 1.29 is 14.6 Å². The molecule has 0 heterocycles. The minimum Gasteiger partial charge on any atom is -0.494 e. The molecule has 0 aliphatic heterocycles. The van der Waals surface area contributed by atoms with Gasteiger partial charge in [0.25, 0.3) is 0 Å². The molecule has 0 atom stereocenters. The van der Waals surface area contributed by atoms with Gasteiger partial charge in [0.1, 0.15) is 5.75 Å². The molecule has 1 aromatic carbocycles. The van der Waals surface area contributed by atoms with E-state index in [1.165, 1.54) is 0 Å². The number of ether oxygens (including phenoxy) is 1. The van der Waals surface area contributed by atoms with Crippen LogP contribution in [0.15, 0.2) is 24.3 Å². The van der Waals surface area contributed by atoms with Crippen LogP contribution < -0.4 is 4.74 Å². The van der Waals surface area contributed by atoms with Crippen LogP contribution >= 0.6 is 11.6 Å². The lowest BCUT2D eigenvalue weighted by atomic mass is 10.3. The van der Waals surface area contributed by atoms with Gasteiger partial charge in [-0.1, -0.05) is 11.6 Å². The van der Waals surface area contributed by atoms with E-state index in [0.29, 0.717) is 23.8 Å². The van der Waals surface area contributed by atoms with Gasteiger partial charge in [-0.25, -0.2) is 0 Å². The first-order valence-electron chi connectivity index (χ1n) is 4.28. The smallest absolute Gasteiger partial charge is 0.303 e. The average molecular weight is 215 g/mol. The molecule has 0 fully saturated rings. The molecule has 14 heavy (non-hydrogen) atoms. The summed E-state index contributed by atoms with van der Waals surface area (Å²) in [6, 6.07) is 6.97. The standard InChI is InChI=1S/C10H11ClO3/c11-8-3-5-9(6-4-8)14-7-1-2-10(12)13/h3-6H,1-2,7H2,(H,12,13). The van der Waals surface area contributed by atoms with Crippen molar-refractivity contribution in [3.63, 3.8) is 0 Å². The zero-order valence-corrected chi connectivity index (χ0v) is 8.33. The van der Waals surface area contributed by atoms with Crippen molar-refractivity contribution in [3.05, 3.63) is 29.3 Å². The van der Waals surface area contributed by atoms with Crippen molar-refractivity contribution >= 4 is 17.6 Å². The Balaban J connectivity index is 2.25. The topological polar surface area (TPSA) is 46.5 Å². The maximum atomic E-state index is 10.2. The zero-order valence-electron chi connectivity index (χ0n) is 7.57. The third kappa shape index (κ3) is 4.14. The molecule has 76 valence electrons. The number of halogens is 1. The largest absolute Gasteiger partial charge is 0.494 e. The Hall–Kier alpha value is -1.22. The molecule has 0 unspecified atom stereocenters. The van der Waals surface area contributed by atoms with Crippen molar-refractivity contribution in [2.75, 3.05) is 6.61 Å². The highest BCUT2D eigenvalue weighted by atomic mass is 35.5. The minimum absolute atomic E-state index is 0.133. The number of rotatable bonds is 5. The summed E-state index contributed by atoms with van der Waals surface area (Å²) in [4.78, 5) is 10.2. The molecule has 0 saturated heterocycles. The highest BCUT2D eigenvalue weighted by molar-refractivity contribution is 6.30. The Bertz CT molecular complexity index is 295. The van der Waals surface area contributed by atoms with Gasteiger partial charge in [-0.05, 0) is 30.7 Å². The highest BCUT2D eigenvalue weighted by Crippen LogP contribution is 2.15. The lowest BCUT2D eigenvalue weighted by molar-refractivity contribution is -0.137. The van der Waals surface area contributed by atoms with E-state index in [0.717, 1.165) is 0 Å². The molecule has 0 amide bonds. The predicted molar refractivity (Wildman–Crippen MR) is 53.8 cm³/mol. The number of benzene rings is 1. The quantitative estimate of drug-likeness (QED) is 0.767. The molecule has 1 N–H and O–H groups in total. The van der Waals surface area contributed by atoms with Gasteiger partial charge >= 0.3 is 5.97 Å². The van der Waals surface area contributed by atoms with Crippen molar-refractivity contribution in [1.29, 1.82) is 0 Å². The van der Waals surface area contributed by atoms with E-state index in [1.54, 1.807) is 24.3 Å². The molecule has 0 radical (unpaired) electrons. The Labute approximate surface area is 87.3 Å². The van der Waals surface area contributed by atoms with Crippen molar-refractivity contribution in [3.8, 4) is 5.75 Å². The van der Waals surface area contributed by atoms with E-state index in [2.05, 4.69) is 0 Å². The lowest BCUT2D eigenvalue weighted by Gasteiger charge is -2.04. The second-order valence-electron chi connectivity index (χ2n) is 2.80. The molecule has 1 aromatic rings. The first-order valence-corrected chi connectivity index (χ1v) is 4.66. The SMILES string of the molecule is O=C(O)CCCOc1ccc(Cl)cc1. The van der Waals surface area contributed by atoms with Crippen LogP contribution in [0.1, 0.15) is 12.8 Å². The zero-order chi connectivity index (χ0) is 10.4. The fourth-order valence-electron chi connectivity index (χ4n) is 0.944. The van der Waals surface area contributed by atoms with Crippen LogP contribution in [-0.2, 0) is 4.79 Å². The second kappa shape index (κ2) is 5.50. The average Bonchev–Trinajstić information content (AvgIpc) is 2.15. The Kier molecular flexibility index (Phi) is 4.26. The van der Waals surface area contributed by atoms with Crippen LogP contribution in [0.5, 0.6) is 5.75 Å². The molecular formula is C10H11ClO3. The van der Waals surface area contributed by atoms with Crippen LogP contribution in [0.3, 0.4) is 0 Å². The normalized spacial score (nSPS) is 9.79. The number of hydrogen-bond donors (Lipinski definition) is 1. The number of carboxylic acids is 1. The monoisotopic (exact) mass is 214 g/mol. The van der Waals surface area contributed by atoms with E-state index < -0.39 is 5.97 Å². The Morgan fingerprint density at radius 1 is 1.36 bits per heavy atom. The molecule has 1 rings (SSSR count). The molecule has 3 nitrogen and oxygen atoms in total. The maximum Gasteiger partial charge on any atom is 0.303 e. The molecule has 0 saturated carbocycles. The summed E-state index contributed by atoms with van der Waals surface area (Å²) in [5, 5.41) is 9.03. The number of carboxylic acid groups (broad SMARTS) is 1. The van der Waals surface area contributed by atoms with Gasteiger partial charge in [0.05, 0.1) is 6.61 Å². The Morgan fingerprint density at radius 3 is 2.57 bits per heavy atom. The summed E-state index contributed by atoms with van der Waals surface area (Å²) in [7, 11) is 0. The van der Waals surface area contributed by atoms with Gasteiger partial charge in [0, 0.05) is 11.4 Å². The molecule has 0 spiro atoms. The molecule has 4 heteroatoms. The van der Waals surface area contributed by atoms with Crippen LogP contribution in [0.2, 0.25) is 5.02 Å². The van der Waals surface area contributed by atoms with Gasteiger partial charge in [-0.15, -0.1) is 0 Å². The first-order chi connectivity index (χ1) is 6.68. The number of carbonyl (C=O) groups is 1. The van der Waals surface area contributed by atoms with Crippen molar-refractivity contribution in [2.24, 2.45) is 0 Å². The summed E-state index contributed by atoms with van der Waals surface area (Å²) in [6.45, 7) is 0.411. The number of aliphatic carboxylic acids is 1. The summed E-state index contributed by atoms with van der Waals surface area (Å²) >= 11 is 5.68. The molecule has 0 aliphatic rings. The van der Waals surface area contributed by atoms with Gasteiger partial charge in [-0.2, -0.15) is 0 Å². The van der Waals surface area contributed by atoms with E-state index in [-0.39, 0.29) is 6.42 Å². The Morgan fingerprint density at radius 2 is 2.00 bits per heavy atom. The third-order valence-corrected chi connectivity index (χ3v) is 1.87. The first kappa shape index (κ1) is 10.9. The summed E-state index contributed by atoms with van der Waals surface area (Å²) in [5.74, 6) is -0.0931. The molecular weight excluding hydrogens is 204 g/mol. The fourth-order valence-corrected chi connectivity index (χ4v) is 1.07. The van der Waals surface area contributed by atoms with E-state index in [4.69, 9.17) is 21.4 Å². The van der Waals surface area contributed by atoms with Crippen LogP contribution in [0.4, 0.5) is 0 Å².